The van der Waals surface area contributed by atoms with Gasteiger partial charge in [0.1, 0.15) is 11.6 Å². The first-order valence-corrected chi connectivity index (χ1v) is 4.71. The van der Waals surface area contributed by atoms with Crippen molar-refractivity contribution in [3.63, 3.8) is 0 Å². The van der Waals surface area contributed by atoms with Crippen LogP contribution in [0.3, 0.4) is 0 Å². The fraction of sp³-hybridized carbons (Fsp3) is 0. The fourth-order valence-electron chi connectivity index (χ4n) is 1.52. The summed E-state index contributed by atoms with van der Waals surface area (Å²) >= 11 is 0. The molecule has 0 radical (unpaired) electrons. The lowest BCUT2D eigenvalue weighted by atomic mass is 10.0. The Bertz CT molecular complexity index is 564. The number of pyridine rings is 1. The van der Waals surface area contributed by atoms with Gasteiger partial charge >= 0.3 is 5.97 Å². The minimum atomic E-state index is -1.17. The highest BCUT2D eigenvalue weighted by molar-refractivity contribution is 5.95. The van der Waals surface area contributed by atoms with E-state index in [1.165, 1.54) is 18.5 Å². The van der Waals surface area contributed by atoms with Crippen LogP contribution < -0.4 is 0 Å². The second kappa shape index (κ2) is 4.29. The average Bonchev–Trinajstić information content (AvgIpc) is 2.27. The molecule has 1 aromatic carbocycles. The summed E-state index contributed by atoms with van der Waals surface area (Å²) in [6, 6.07) is 4.12. The lowest BCUT2D eigenvalue weighted by Gasteiger charge is -2.05. The molecule has 0 spiro atoms. The van der Waals surface area contributed by atoms with Crippen LogP contribution in [-0.2, 0) is 0 Å². The van der Waals surface area contributed by atoms with Gasteiger partial charge in [0.25, 0.3) is 0 Å². The zero-order valence-electron chi connectivity index (χ0n) is 8.52. The summed E-state index contributed by atoms with van der Waals surface area (Å²) < 4.78 is 26.1. The number of aromatic carboxylic acids is 1. The Morgan fingerprint density at radius 1 is 1.18 bits per heavy atom. The van der Waals surface area contributed by atoms with E-state index in [-0.39, 0.29) is 16.7 Å². The largest absolute Gasteiger partial charge is 0.478 e. The van der Waals surface area contributed by atoms with Crippen molar-refractivity contribution in [1.29, 1.82) is 0 Å². The molecular formula is C12H7F2NO2. The molecule has 0 aliphatic heterocycles. The fourth-order valence-corrected chi connectivity index (χ4v) is 1.52. The van der Waals surface area contributed by atoms with E-state index in [2.05, 4.69) is 4.98 Å². The molecule has 0 atom stereocenters. The summed E-state index contributed by atoms with van der Waals surface area (Å²) in [6.45, 7) is 0. The summed E-state index contributed by atoms with van der Waals surface area (Å²) in [5.74, 6) is -2.70. The van der Waals surface area contributed by atoms with Crippen molar-refractivity contribution in [2.75, 3.05) is 0 Å². The predicted octanol–water partition coefficient (Wildman–Crippen LogP) is 2.73. The van der Waals surface area contributed by atoms with Gasteiger partial charge in [-0.15, -0.1) is 0 Å². The molecule has 0 saturated carbocycles. The minimum Gasteiger partial charge on any atom is -0.478 e. The van der Waals surface area contributed by atoms with Crippen LogP contribution in [0.15, 0.2) is 36.7 Å². The monoisotopic (exact) mass is 235 g/mol. The van der Waals surface area contributed by atoms with E-state index in [1.807, 2.05) is 0 Å². The summed E-state index contributed by atoms with van der Waals surface area (Å²) in [5.41, 5.74) is 0.274. The van der Waals surface area contributed by atoms with Crippen molar-refractivity contribution in [3.8, 4) is 11.1 Å². The van der Waals surface area contributed by atoms with Gasteiger partial charge in [0.2, 0.25) is 0 Å². The molecule has 17 heavy (non-hydrogen) atoms. The van der Waals surface area contributed by atoms with Crippen molar-refractivity contribution in [3.05, 3.63) is 53.9 Å². The van der Waals surface area contributed by atoms with Crippen LogP contribution >= 0.6 is 0 Å². The summed E-state index contributed by atoms with van der Waals surface area (Å²) in [5, 5.41) is 8.95. The lowest BCUT2D eigenvalue weighted by Crippen LogP contribution is -2.00. The first kappa shape index (κ1) is 11.2. The van der Waals surface area contributed by atoms with Crippen LogP contribution in [0, 0.1) is 11.6 Å². The van der Waals surface area contributed by atoms with Gasteiger partial charge in [-0.2, -0.15) is 0 Å². The topological polar surface area (TPSA) is 50.2 Å². The molecule has 0 saturated heterocycles. The number of nitrogens with zero attached hydrogens (tertiary/aromatic N) is 1. The summed E-state index contributed by atoms with van der Waals surface area (Å²) in [6.07, 6.45) is 2.57. The van der Waals surface area contributed by atoms with E-state index in [0.717, 1.165) is 18.2 Å². The Hall–Kier alpha value is -2.30. The van der Waals surface area contributed by atoms with Crippen molar-refractivity contribution >= 4 is 5.97 Å². The van der Waals surface area contributed by atoms with Crippen LogP contribution in [0.4, 0.5) is 8.78 Å². The molecule has 0 unspecified atom stereocenters. The van der Waals surface area contributed by atoms with Crippen molar-refractivity contribution in [2.45, 2.75) is 0 Å². The summed E-state index contributed by atoms with van der Waals surface area (Å²) in [7, 11) is 0. The van der Waals surface area contributed by atoms with Gasteiger partial charge in [-0.3, -0.25) is 4.98 Å². The second-order valence-corrected chi connectivity index (χ2v) is 3.38. The first-order valence-electron chi connectivity index (χ1n) is 4.71. The number of carbonyl (C=O) groups is 1. The van der Waals surface area contributed by atoms with Crippen molar-refractivity contribution in [1.82, 2.24) is 4.98 Å². The maximum absolute atomic E-state index is 13.0. The molecule has 0 aliphatic carbocycles. The molecule has 3 nitrogen and oxygen atoms in total. The molecule has 0 bridgehead atoms. The van der Waals surface area contributed by atoms with Gasteiger partial charge in [0, 0.05) is 24.0 Å². The number of benzene rings is 1. The maximum atomic E-state index is 13.0. The van der Waals surface area contributed by atoms with Gasteiger partial charge in [0.15, 0.2) is 0 Å². The highest BCUT2D eigenvalue weighted by Crippen LogP contribution is 2.24. The number of hydrogen-bond acceptors (Lipinski definition) is 2. The Kier molecular flexibility index (Phi) is 2.82. The van der Waals surface area contributed by atoms with Gasteiger partial charge in [-0.1, -0.05) is 0 Å². The Balaban J connectivity index is 2.64. The van der Waals surface area contributed by atoms with E-state index in [9.17, 15) is 13.6 Å². The zero-order valence-corrected chi connectivity index (χ0v) is 8.52. The van der Waals surface area contributed by atoms with Crippen LogP contribution in [-0.4, -0.2) is 16.1 Å². The highest BCUT2D eigenvalue weighted by atomic mass is 19.1. The van der Waals surface area contributed by atoms with Gasteiger partial charge in [-0.25, -0.2) is 13.6 Å². The number of hydrogen-bond donors (Lipinski definition) is 1. The predicted molar refractivity (Wildman–Crippen MR) is 56.5 cm³/mol. The molecular weight excluding hydrogens is 228 g/mol. The second-order valence-electron chi connectivity index (χ2n) is 3.38. The molecule has 5 heteroatoms. The number of carboxylic acid groups (broad SMARTS) is 1. The molecule has 1 heterocycles. The third-order valence-electron chi connectivity index (χ3n) is 2.23. The van der Waals surface area contributed by atoms with E-state index >= 15 is 0 Å². The lowest BCUT2D eigenvalue weighted by molar-refractivity contribution is 0.0697. The number of halogens is 2. The van der Waals surface area contributed by atoms with Crippen LogP contribution in [0.1, 0.15) is 10.4 Å². The average molecular weight is 235 g/mol. The van der Waals surface area contributed by atoms with Crippen LogP contribution in [0.5, 0.6) is 0 Å². The Labute approximate surface area is 95.4 Å². The first-order chi connectivity index (χ1) is 8.08. The molecule has 2 aromatic rings. The van der Waals surface area contributed by atoms with Gasteiger partial charge in [0.05, 0.1) is 5.56 Å². The van der Waals surface area contributed by atoms with E-state index in [4.69, 9.17) is 5.11 Å². The SMILES string of the molecule is O=C(O)c1ccncc1-c1cc(F)cc(F)c1. The van der Waals surface area contributed by atoms with E-state index in [1.54, 1.807) is 0 Å². The number of aromatic nitrogens is 1. The number of carboxylic acids is 1. The quantitative estimate of drug-likeness (QED) is 0.870. The summed E-state index contributed by atoms with van der Waals surface area (Å²) in [4.78, 5) is 14.7. The van der Waals surface area contributed by atoms with Crippen molar-refractivity contribution in [2.24, 2.45) is 0 Å². The van der Waals surface area contributed by atoms with Crippen LogP contribution in [0.2, 0.25) is 0 Å². The van der Waals surface area contributed by atoms with Gasteiger partial charge in [-0.05, 0) is 23.8 Å². The van der Waals surface area contributed by atoms with Crippen molar-refractivity contribution < 1.29 is 18.7 Å². The number of rotatable bonds is 2. The van der Waals surface area contributed by atoms with E-state index in [0.29, 0.717) is 0 Å². The third-order valence-corrected chi connectivity index (χ3v) is 2.23. The highest BCUT2D eigenvalue weighted by Gasteiger charge is 2.12. The van der Waals surface area contributed by atoms with Gasteiger partial charge < -0.3 is 5.11 Å². The molecule has 2 rings (SSSR count). The molecule has 1 aromatic heterocycles. The molecule has 86 valence electrons. The molecule has 1 N–H and O–H groups in total. The van der Waals surface area contributed by atoms with Crippen LogP contribution in [0.25, 0.3) is 11.1 Å². The molecule has 0 aliphatic rings. The third kappa shape index (κ3) is 2.28. The normalized spacial score (nSPS) is 10.2. The molecule has 0 fully saturated rings. The maximum Gasteiger partial charge on any atom is 0.336 e. The van der Waals surface area contributed by atoms with E-state index < -0.39 is 17.6 Å². The minimum absolute atomic E-state index is 0.0509. The Morgan fingerprint density at radius 2 is 1.82 bits per heavy atom. The zero-order chi connectivity index (χ0) is 12.4. The molecule has 0 amide bonds. The standard InChI is InChI=1S/C12H7F2NO2/c13-8-3-7(4-9(14)5-8)11-6-15-2-1-10(11)12(16)17/h1-6H,(H,16,17). The Morgan fingerprint density at radius 3 is 2.41 bits per heavy atom. The smallest absolute Gasteiger partial charge is 0.336 e.